The molecule has 0 atom stereocenters. The molecule has 0 aromatic heterocycles. The average Bonchev–Trinajstić information content (AvgIpc) is 2.01. The fraction of sp³-hybridized carbons (Fsp3) is 1.00. The van der Waals surface area contributed by atoms with Crippen LogP contribution in [0, 0.1) is 5.92 Å². The van der Waals surface area contributed by atoms with Crippen LogP contribution >= 0.6 is 0 Å². The van der Waals surface area contributed by atoms with Crippen molar-refractivity contribution in [2.75, 3.05) is 19.3 Å². The van der Waals surface area contributed by atoms with E-state index in [-0.39, 0.29) is 25.9 Å². The number of alkyl halides is 3. The summed E-state index contributed by atoms with van der Waals surface area (Å²) >= 11 is 0. The highest BCUT2D eigenvalue weighted by molar-refractivity contribution is 7.88. The zero-order valence-electron chi connectivity index (χ0n) is 7.71. The number of rotatable bonds is 1. The van der Waals surface area contributed by atoms with Crippen LogP contribution in [-0.4, -0.2) is 38.2 Å². The number of hydrogen-bond acceptors (Lipinski definition) is 2. The maximum atomic E-state index is 12.2. The molecule has 84 valence electrons. The predicted molar refractivity (Wildman–Crippen MR) is 45.2 cm³/mol. The first-order valence-electron chi connectivity index (χ1n) is 4.23. The molecule has 14 heavy (non-hydrogen) atoms. The van der Waals surface area contributed by atoms with Gasteiger partial charge in [0.15, 0.2) is 0 Å². The van der Waals surface area contributed by atoms with Gasteiger partial charge in [-0.15, -0.1) is 0 Å². The second-order valence-corrected chi connectivity index (χ2v) is 5.46. The molecule has 0 saturated carbocycles. The van der Waals surface area contributed by atoms with Crippen LogP contribution in [0.2, 0.25) is 0 Å². The molecule has 0 N–H and O–H groups in total. The lowest BCUT2D eigenvalue weighted by Crippen LogP contribution is -2.41. The Labute approximate surface area is 80.9 Å². The Morgan fingerprint density at radius 1 is 1.21 bits per heavy atom. The van der Waals surface area contributed by atoms with Gasteiger partial charge in [0.25, 0.3) is 0 Å². The normalized spacial score (nSPS) is 22.6. The van der Waals surface area contributed by atoms with Gasteiger partial charge in [-0.25, -0.2) is 12.7 Å². The minimum atomic E-state index is -4.19. The van der Waals surface area contributed by atoms with Gasteiger partial charge in [0, 0.05) is 13.1 Å². The zero-order chi connectivity index (χ0) is 11.0. The number of sulfonamides is 1. The predicted octanol–water partition coefficient (Wildman–Crippen LogP) is 1.22. The van der Waals surface area contributed by atoms with E-state index < -0.39 is 22.1 Å². The highest BCUT2D eigenvalue weighted by Crippen LogP contribution is 2.34. The van der Waals surface area contributed by atoms with Crippen LogP contribution < -0.4 is 0 Å². The van der Waals surface area contributed by atoms with E-state index in [4.69, 9.17) is 0 Å². The summed E-state index contributed by atoms with van der Waals surface area (Å²) in [5.41, 5.74) is 0. The summed E-state index contributed by atoms with van der Waals surface area (Å²) in [6.07, 6.45) is -3.43. The third kappa shape index (κ3) is 2.84. The first-order valence-corrected chi connectivity index (χ1v) is 6.08. The fourth-order valence-electron chi connectivity index (χ4n) is 1.51. The highest BCUT2D eigenvalue weighted by atomic mass is 32.2. The summed E-state index contributed by atoms with van der Waals surface area (Å²) in [6, 6.07) is 0. The van der Waals surface area contributed by atoms with Crippen LogP contribution in [-0.2, 0) is 10.0 Å². The van der Waals surface area contributed by atoms with Gasteiger partial charge >= 0.3 is 6.18 Å². The molecule has 0 bridgehead atoms. The molecule has 0 aromatic rings. The molecule has 0 aliphatic carbocycles. The van der Waals surface area contributed by atoms with Crippen LogP contribution in [0.1, 0.15) is 12.8 Å². The molecule has 1 rings (SSSR count). The van der Waals surface area contributed by atoms with E-state index in [2.05, 4.69) is 0 Å². The van der Waals surface area contributed by atoms with Crippen LogP contribution in [0.25, 0.3) is 0 Å². The van der Waals surface area contributed by atoms with Crippen molar-refractivity contribution in [1.29, 1.82) is 0 Å². The number of halogens is 3. The Bertz CT molecular complexity index is 291. The van der Waals surface area contributed by atoms with E-state index in [9.17, 15) is 21.6 Å². The molecule has 1 aliphatic heterocycles. The van der Waals surface area contributed by atoms with Crippen molar-refractivity contribution in [2.24, 2.45) is 5.92 Å². The molecular formula is C7H12F3NO2S. The monoisotopic (exact) mass is 231 g/mol. The lowest BCUT2D eigenvalue weighted by Gasteiger charge is -2.31. The first-order chi connectivity index (χ1) is 6.21. The smallest absolute Gasteiger partial charge is 0.213 e. The van der Waals surface area contributed by atoms with Gasteiger partial charge in [0.05, 0.1) is 12.2 Å². The lowest BCUT2D eigenvalue weighted by molar-refractivity contribution is -0.182. The first kappa shape index (κ1) is 11.8. The number of nitrogens with zero attached hydrogens (tertiary/aromatic N) is 1. The minimum Gasteiger partial charge on any atom is -0.213 e. The molecule has 0 radical (unpaired) electrons. The lowest BCUT2D eigenvalue weighted by atomic mass is 9.98. The van der Waals surface area contributed by atoms with Gasteiger partial charge in [0.2, 0.25) is 10.0 Å². The van der Waals surface area contributed by atoms with E-state index in [1.165, 1.54) is 0 Å². The van der Waals surface area contributed by atoms with Crippen molar-refractivity contribution in [1.82, 2.24) is 4.31 Å². The standard InChI is InChI=1S/C7H12F3NO2S/c1-14(12,13)11-4-2-6(3-5-11)7(8,9)10/h6H,2-5H2,1H3. The molecule has 0 aromatic carbocycles. The third-order valence-electron chi connectivity index (χ3n) is 2.39. The Balaban J connectivity index is 2.56. The summed E-state index contributed by atoms with van der Waals surface area (Å²) in [5, 5.41) is 0. The molecule has 1 saturated heterocycles. The molecule has 0 amide bonds. The van der Waals surface area contributed by atoms with E-state index >= 15 is 0 Å². The minimum absolute atomic E-state index is 0.0248. The summed E-state index contributed by atoms with van der Waals surface area (Å²) in [5.74, 6) is -1.35. The second kappa shape index (κ2) is 3.69. The average molecular weight is 231 g/mol. The van der Waals surface area contributed by atoms with Crippen LogP contribution in [0.4, 0.5) is 13.2 Å². The molecule has 7 heteroatoms. The fourth-order valence-corrected chi connectivity index (χ4v) is 2.39. The van der Waals surface area contributed by atoms with Crippen LogP contribution in [0.15, 0.2) is 0 Å². The van der Waals surface area contributed by atoms with Crippen molar-refractivity contribution in [3.8, 4) is 0 Å². The summed E-state index contributed by atoms with van der Waals surface area (Å²) in [6.45, 7) is -0.0496. The zero-order valence-corrected chi connectivity index (χ0v) is 8.53. The van der Waals surface area contributed by atoms with Gasteiger partial charge in [0.1, 0.15) is 0 Å². The molecule has 1 heterocycles. The largest absolute Gasteiger partial charge is 0.391 e. The molecule has 1 aliphatic rings. The Kier molecular flexibility index (Phi) is 3.10. The van der Waals surface area contributed by atoms with Gasteiger partial charge in [-0.3, -0.25) is 0 Å². The Morgan fingerprint density at radius 3 is 1.93 bits per heavy atom. The third-order valence-corrected chi connectivity index (χ3v) is 3.69. The SMILES string of the molecule is CS(=O)(=O)N1CCC(C(F)(F)F)CC1. The van der Waals surface area contributed by atoms with Crippen LogP contribution in [0.3, 0.4) is 0 Å². The topological polar surface area (TPSA) is 37.4 Å². The Morgan fingerprint density at radius 2 is 1.64 bits per heavy atom. The summed E-state index contributed by atoms with van der Waals surface area (Å²) < 4.78 is 59.7. The maximum absolute atomic E-state index is 12.2. The van der Waals surface area contributed by atoms with E-state index in [1.807, 2.05) is 0 Å². The molecular weight excluding hydrogens is 219 g/mol. The van der Waals surface area contributed by atoms with Crippen molar-refractivity contribution >= 4 is 10.0 Å². The molecule has 3 nitrogen and oxygen atoms in total. The molecule has 0 unspecified atom stereocenters. The number of hydrogen-bond donors (Lipinski definition) is 0. The van der Waals surface area contributed by atoms with Crippen molar-refractivity contribution in [3.63, 3.8) is 0 Å². The van der Waals surface area contributed by atoms with E-state index in [0.29, 0.717) is 0 Å². The summed E-state index contributed by atoms with van der Waals surface area (Å²) in [4.78, 5) is 0. The van der Waals surface area contributed by atoms with Crippen LogP contribution in [0.5, 0.6) is 0 Å². The quantitative estimate of drug-likeness (QED) is 0.680. The molecule has 0 spiro atoms. The summed E-state index contributed by atoms with van der Waals surface area (Å²) in [7, 11) is -3.33. The van der Waals surface area contributed by atoms with E-state index in [1.54, 1.807) is 0 Å². The number of piperidine rings is 1. The highest BCUT2D eigenvalue weighted by Gasteiger charge is 2.42. The second-order valence-electron chi connectivity index (χ2n) is 3.48. The van der Waals surface area contributed by atoms with Gasteiger partial charge < -0.3 is 0 Å². The maximum Gasteiger partial charge on any atom is 0.391 e. The van der Waals surface area contributed by atoms with Crippen molar-refractivity contribution < 1.29 is 21.6 Å². The van der Waals surface area contributed by atoms with Gasteiger partial charge in [-0.1, -0.05) is 0 Å². The molecule has 1 fully saturated rings. The van der Waals surface area contributed by atoms with Gasteiger partial charge in [-0.05, 0) is 12.8 Å². The van der Waals surface area contributed by atoms with E-state index in [0.717, 1.165) is 10.6 Å². The Hall–Kier alpha value is -0.300. The van der Waals surface area contributed by atoms with Crippen molar-refractivity contribution in [3.05, 3.63) is 0 Å². The van der Waals surface area contributed by atoms with Crippen molar-refractivity contribution in [2.45, 2.75) is 19.0 Å². The van der Waals surface area contributed by atoms with Gasteiger partial charge in [-0.2, -0.15) is 13.2 Å².